The Morgan fingerprint density at radius 1 is 1.38 bits per heavy atom. The molecule has 1 aromatic carbocycles. The largest absolute Gasteiger partial charge is 0.436 e. The highest BCUT2D eigenvalue weighted by Crippen LogP contribution is 2.35. The summed E-state index contributed by atoms with van der Waals surface area (Å²) in [6.07, 6.45) is 3.40. The molecule has 21 heavy (non-hydrogen) atoms. The molecule has 7 heteroatoms. The first kappa shape index (κ1) is 14.3. The van der Waals surface area contributed by atoms with Gasteiger partial charge in [0.15, 0.2) is 5.75 Å². The molecule has 1 saturated carbocycles. The zero-order valence-corrected chi connectivity index (χ0v) is 13.2. The van der Waals surface area contributed by atoms with E-state index < -0.39 is 0 Å². The van der Waals surface area contributed by atoms with Gasteiger partial charge in [-0.25, -0.2) is 4.98 Å². The molecule has 3 rings (SSSR count). The number of carbonyl (C=O) groups is 1. The molecule has 0 atom stereocenters. The molecule has 5 nitrogen and oxygen atoms in total. The number of ether oxygens (including phenoxy) is 1. The smallest absolute Gasteiger partial charge is 0.238 e. The molecule has 0 bridgehead atoms. The number of rotatable bonds is 4. The number of nitrogens with one attached hydrogen (secondary N) is 1. The molecule has 0 unspecified atom stereocenters. The van der Waals surface area contributed by atoms with Crippen molar-refractivity contribution in [1.29, 1.82) is 0 Å². The van der Waals surface area contributed by atoms with Crippen molar-refractivity contribution in [3.05, 3.63) is 40.2 Å². The van der Waals surface area contributed by atoms with E-state index in [9.17, 15) is 4.79 Å². The second kappa shape index (κ2) is 5.99. The highest BCUT2D eigenvalue weighted by atomic mass is 79.9. The van der Waals surface area contributed by atoms with Crippen LogP contribution in [0.1, 0.15) is 12.8 Å². The van der Waals surface area contributed by atoms with Crippen LogP contribution in [0.5, 0.6) is 11.6 Å². The van der Waals surface area contributed by atoms with Gasteiger partial charge in [-0.2, -0.15) is 4.98 Å². The van der Waals surface area contributed by atoms with Gasteiger partial charge in [0, 0.05) is 12.1 Å². The lowest BCUT2D eigenvalue weighted by molar-refractivity contribution is -0.117. The van der Waals surface area contributed by atoms with Gasteiger partial charge >= 0.3 is 0 Å². The SMILES string of the molecule is O=C(Nc1ccccc1Oc1nc(Cl)ncc1Br)C1CC1. The molecular formula is C14H11BrClN3O2. The van der Waals surface area contributed by atoms with E-state index in [0.29, 0.717) is 21.8 Å². The lowest BCUT2D eigenvalue weighted by Gasteiger charge is -2.12. The fraction of sp³-hybridized carbons (Fsp3) is 0.214. The molecular weight excluding hydrogens is 358 g/mol. The first-order valence-electron chi connectivity index (χ1n) is 6.39. The Morgan fingerprint density at radius 3 is 2.90 bits per heavy atom. The van der Waals surface area contributed by atoms with E-state index >= 15 is 0 Å². The number of hydrogen-bond acceptors (Lipinski definition) is 4. The minimum atomic E-state index is 0.0193. The molecule has 1 N–H and O–H groups in total. The number of amides is 1. The minimum Gasteiger partial charge on any atom is -0.436 e. The number of anilines is 1. The van der Waals surface area contributed by atoms with Crippen molar-refractivity contribution in [2.24, 2.45) is 5.92 Å². The van der Waals surface area contributed by atoms with Gasteiger partial charge < -0.3 is 10.1 Å². The van der Waals surface area contributed by atoms with Crippen molar-refractivity contribution >= 4 is 39.1 Å². The van der Waals surface area contributed by atoms with Gasteiger partial charge in [-0.1, -0.05) is 12.1 Å². The van der Waals surface area contributed by atoms with Gasteiger partial charge in [-0.15, -0.1) is 0 Å². The second-order valence-corrected chi connectivity index (χ2v) is 5.85. The summed E-state index contributed by atoms with van der Waals surface area (Å²) in [6, 6.07) is 7.19. The standard InChI is InChI=1S/C14H11BrClN3O2/c15-9-7-17-14(16)19-13(9)21-11-4-2-1-3-10(11)18-12(20)8-5-6-8/h1-4,7-8H,5-6H2,(H,18,20). The summed E-state index contributed by atoms with van der Waals surface area (Å²) < 4.78 is 6.30. The predicted octanol–water partition coefficient (Wildman–Crippen LogP) is 4.03. The van der Waals surface area contributed by atoms with Crippen LogP contribution in [0.2, 0.25) is 5.28 Å². The molecule has 0 aliphatic heterocycles. The Balaban J connectivity index is 1.84. The van der Waals surface area contributed by atoms with Crippen LogP contribution in [0, 0.1) is 5.92 Å². The molecule has 0 spiro atoms. The summed E-state index contributed by atoms with van der Waals surface area (Å²) in [6.45, 7) is 0. The summed E-state index contributed by atoms with van der Waals surface area (Å²) in [5.74, 6) is 0.939. The van der Waals surface area contributed by atoms with E-state index in [2.05, 4.69) is 31.2 Å². The Bertz CT molecular complexity index is 692. The number of halogens is 2. The summed E-state index contributed by atoms with van der Waals surface area (Å²) in [5, 5.41) is 2.96. The summed E-state index contributed by atoms with van der Waals surface area (Å²) in [4.78, 5) is 19.7. The van der Waals surface area contributed by atoms with Crippen molar-refractivity contribution in [2.45, 2.75) is 12.8 Å². The van der Waals surface area contributed by atoms with Crippen LogP contribution in [0.15, 0.2) is 34.9 Å². The quantitative estimate of drug-likeness (QED) is 0.828. The van der Waals surface area contributed by atoms with Crippen LogP contribution >= 0.6 is 27.5 Å². The molecule has 1 aliphatic rings. The fourth-order valence-electron chi connectivity index (χ4n) is 1.75. The average Bonchev–Trinajstić information content (AvgIpc) is 3.29. The number of aromatic nitrogens is 2. The normalized spacial score (nSPS) is 13.8. The molecule has 1 fully saturated rings. The fourth-order valence-corrected chi connectivity index (χ4v) is 2.14. The van der Waals surface area contributed by atoms with Crippen LogP contribution in [0.25, 0.3) is 0 Å². The molecule has 1 heterocycles. The Labute approximate surface area is 134 Å². The van der Waals surface area contributed by atoms with Gasteiger partial charge in [0.1, 0.15) is 0 Å². The summed E-state index contributed by atoms with van der Waals surface area (Å²) in [5.41, 5.74) is 0.607. The maximum absolute atomic E-state index is 11.9. The molecule has 0 radical (unpaired) electrons. The molecule has 1 amide bonds. The van der Waals surface area contributed by atoms with Gasteiger partial charge in [0.2, 0.25) is 17.1 Å². The third-order valence-electron chi connectivity index (χ3n) is 2.98. The van der Waals surface area contributed by atoms with E-state index in [1.807, 2.05) is 12.1 Å². The zero-order chi connectivity index (χ0) is 14.8. The Hall–Kier alpha value is -1.66. The Morgan fingerprint density at radius 2 is 2.14 bits per heavy atom. The van der Waals surface area contributed by atoms with Crippen molar-refractivity contribution in [2.75, 3.05) is 5.32 Å². The highest BCUT2D eigenvalue weighted by Gasteiger charge is 2.30. The average molecular weight is 369 g/mol. The summed E-state index contributed by atoms with van der Waals surface area (Å²) >= 11 is 9.06. The third-order valence-corrected chi connectivity index (χ3v) is 3.71. The van der Waals surface area contributed by atoms with Crippen molar-refractivity contribution in [1.82, 2.24) is 9.97 Å². The Kier molecular flexibility index (Phi) is 4.07. The van der Waals surface area contributed by atoms with Crippen LogP contribution < -0.4 is 10.1 Å². The van der Waals surface area contributed by atoms with Gasteiger partial charge in [0.25, 0.3) is 0 Å². The molecule has 108 valence electrons. The molecule has 0 saturated heterocycles. The van der Waals surface area contributed by atoms with Crippen molar-refractivity contribution < 1.29 is 9.53 Å². The lowest BCUT2D eigenvalue weighted by Crippen LogP contribution is -2.13. The third kappa shape index (κ3) is 3.51. The maximum atomic E-state index is 11.9. The van der Waals surface area contributed by atoms with E-state index in [4.69, 9.17) is 16.3 Å². The lowest BCUT2D eigenvalue weighted by atomic mass is 10.2. The van der Waals surface area contributed by atoms with Crippen molar-refractivity contribution in [3.63, 3.8) is 0 Å². The number of benzene rings is 1. The molecule has 1 aromatic heterocycles. The van der Waals surface area contributed by atoms with Crippen LogP contribution in [-0.4, -0.2) is 15.9 Å². The zero-order valence-electron chi connectivity index (χ0n) is 10.8. The van der Waals surface area contributed by atoms with E-state index in [1.165, 1.54) is 6.20 Å². The van der Waals surface area contributed by atoms with Crippen molar-refractivity contribution in [3.8, 4) is 11.6 Å². The van der Waals surface area contributed by atoms with Gasteiger partial charge in [-0.3, -0.25) is 4.79 Å². The van der Waals surface area contributed by atoms with Gasteiger partial charge in [-0.05, 0) is 52.5 Å². The number of nitrogens with zero attached hydrogens (tertiary/aromatic N) is 2. The highest BCUT2D eigenvalue weighted by molar-refractivity contribution is 9.10. The maximum Gasteiger partial charge on any atom is 0.238 e. The first-order chi connectivity index (χ1) is 10.1. The topological polar surface area (TPSA) is 64.1 Å². The second-order valence-electron chi connectivity index (χ2n) is 4.65. The van der Waals surface area contributed by atoms with Crippen LogP contribution in [0.4, 0.5) is 5.69 Å². The monoisotopic (exact) mass is 367 g/mol. The number of para-hydroxylation sites is 2. The van der Waals surface area contributed by atoms with Crippen LogP contribution in [-0.2, 0) is 4.79 Å². The molecule has 1 aliphatic carbocycles. The number of hydrogen-bond donors (Lipinski definition) is 1. The van der Waals surface area contributed by atoms with E-state index in [-0.39, 0.29) is 17.1 Å². The predicted molar refractivity (Wildman–Crippen MR) is 82.6 cm³/mol. The number of carbonyl (C=O) groups excluding carboxylic acids is 1. The van der Waals surface area contributed by atoms with E-state index in [1.54, 1.807) is 12.1 Å². The molecule has 2 aromatic rings. The van der Waals surface area contributed by atoms with Gasteiger partial charge in [0.05, 0.1) is 10.2 Å². The van der Waals surface area contributed by atoms with Crippen LogP contribution in [0.3, 0.4) is 0 Å². The first-order valence-corrected chi connectivity index (χ1v) is 7.56. The minimum absolute atomic E-state index is 0.0193. The summed E-state index contributed by atoms with van der Waals surface area (Å²) in [7, 11) is 0. The van der Waals surface area contributed by atoms with E-state index in [0.717, 1.165) is 12.8 Å².